The van der Waals surface area contributed by atoms with E-state index in [2.05, 4.69) is 5.32 Å². The van der Waals surface area contributed by atoms with E-state index < -0.39 is 10.0 Å². The minimum Gasteiger partial charge on any atom is -0.495 e. The Morgan fingerprint density at radius 2 is 1.67 bits per heavy atom. The van der Waals surface area contributed by atoms with Gasteiger partial charge in [-0.3, -0.25) is 9.69 Å². The smallest absolute Gasteiger partial charge is 0.244 e. The van der Waals surface area contributed by atoms with E-state index in [1.807, 2.05) is 4.90 Å². The molecule has 0 unspecified atom stereocenters. The van der Waals surface area contributed by atoms with Crippen LogP contribution in [-0.2, 0) is 14.8 Å². The number of methoxy groups -OCH3 is 1. The molecule has 1 heterocycles. The highest BCUT2D eigenvalue weighted by Crippen LogP contribution is 2.29. The first-order chi connectivity index (χ1) is 14.2. The largest absolute Gasteiger partial charge is 0.495 e. The summed E-state index contributed by atoms with van der Waals surface area (Å²) >= 11 is 18.0. The van der Waals surface area contributed by atoms with Crippen molar-refractivity contribution in [1.82, 2.24) is 9.21 Å². The highest BCUT2D eigenvalue weighted by Gasteiger charge is 2.30. The van der Waals surface area contributed by atoms with Crippen LogP contribution < -0.4 is 10.1 Å². The lowest BCUT2D eigenvalue weighted by Gasteiger charge is -2.33. The van der Waals surface area contributed by atoms with Crippen LogP contribution in [0, 0.1) is 0 Å². The predicted molar refractivity (Wildman–Crippen MR) is 118 cm³/mol. The number of nitrogens with one attached hydrogen (secondary N) is 1. The van der Waals surface area contributed by atoms with Gasteiger partial charge < -0.3 is 10.1 Å². The third-order valence-electron chi connectivity index (χ3n) is 4.65. The van der Waals surface area contributed by atoms with Crippen LogP contribution in [0.2, 0.25) is 15.1 Å². The summed E-state index contributed by atoms with van der Waals surface area (Å²) in [6.45, 7) is 1.38. The molecule has 30 heavy (non-hydrogen) atoms. The fourth-order valence-electron chi connectivity index (χ4n) is 3.11. The van der Waals surface area contributed by atoms with E-state index in [0.29, 0.717) is 34.6 Å². The molecule has 0 bridgehead atoms. The van der Waals surface area contributed by atoms with Gasteiger partial charge in [0.05, 0.1) is 24.4 Å². The van der Waals surface area contributed by atoms with Crippen molar-refractivity contribution in [1.29, 1.82) is 0 Å². The van der Waals surface area contributed by atoms with Crippen LogP contribution >= 0.6 is 34.8 Å². The van der Waals surface area contributed by atoms with Crippen LogP contribution in [0.15, 0.2) is 41.3 Å². The summed E-state index contributed by atoms with van der Waals surface area (Å²) in [5, 5.41) is 3.67. The SMILES string of the molecule is COc1ccc(Cl)cc1NC(=O)CN1CCN(S(=O)(=O)c2cc(Cl)ccc2Cl)CC1. The zero-order valence-electron chi connectivity index (χ0n) is 16.1. The number of anilines is 1. The van der Waals surface area contributed by atoms with Gasteiger partial charge >= 0.3 is 0 Å². The van der Waals surface area contributed by atoms with Gasteiger partial charge in [0, 0.05) is 36.2 Å². The van der Waals surface area contributed by atoms with Gasteiger partial charge in [0.15, 0.2) is 0 Å². The second-order valence-electron chi connectivity index (χ2n) is 6.65. The van der Waals surface area contributed by atoms with E-state index in [1.165, 1.54) is 29.6 Å². The second kappa shape index (κ2) is 9.72. The Hall–Kier alpha value is -1.55. The van der Waals surface area contributed by atoms with Crippen LogP contribution in [0.3, 0.4) is 0 Å². The van der Waals surface area contributed by atoms with Crippen molar-refractivity contribution in [3.05, 3.63) is 51.5 Å². The summed E-state index contributed by atoms with van der Waals surface area (Å²) in [6.07, 6.45) is 0. The van der Waals surface area contributed by atoms with Gasteiger partial charge in [-0.2, -0.15) is 4.31 Å². The third kappa shape index (κ3) is 5.38. The Morgan fingerprint density at radius 3 is 2.33 bits per heavy atom. The molecule has 1 aliphatic rings. The van der Waals surface area contributed by atoms with E-state index in [0.717, 1.165) is 0 Å². The molecule has 1 aliphatic heterocycles. The molecule has 1 fully saturated rings. The molecule has 0 aromatic heterocycles. The number of hydrogen-bond donors (Lipinski definition) is 1. The summed E-state index contributed by atoms with van der Waals surface area (Å²) in [4.78, 5) is 14.3. The number of sulfonamides is 1. The number of halogens is 3. The van der Waals surface area contributed by atoms with E-state index >= 15 is 0 Å². The molecule has 11 heteroatoms. The van der Waals surface area contributed by atoms with Crippen LogP contribution in [0.5, 0.6) is 5.75 Å². The maximum absolute atomic E-state index is 12.9. The minimum absolute atomic E-state index is 0.0177. The number of nitrogens with zero attached hydrogens (tertiary/aromatic N) is 2. The Morgan fingerprint density at radius 1 is 1.03 bits per heavy atom. The maximum Gasteiger partial charge on any atom is 0.244 e. The second-order valence-corrected chi connectivity index (χ2v) is 9.83. The average Bonchev–Trinajstić information content (AvgIpc) is 2.70. The number of ether oxygens (including phenoxy) is 1. The summed E-state index contributed by atoms with van der Waals surface area (Å²) in [5.41, 5.74) is 0.479. The molecular formula is C19H20Cl3N3O4S. The molecule has 162 valence electrons. The normalized spacial score (nSPS) is 15.7. The van der Waals surface area contributed by atoms with E-state index in [-0.39, 0.29) is 35.5 Å². The van der Waals surface area contributed by atoms with Gasteiger partial charge in [0.1, 0.15) is 10.6 Å². The minimum atomic E-state index is -3.77. The molecule has 0 saturated carbocycles. The highest BCUT2D eigenvalue weighted by atomic mass is 35.5. The summed E-state index contributed by atoms with van der Waals surface area (Å²) in [6, 6.07) is 9.29. The molecule has 0 radical (unpaired) electrons. The Labute approximate surface area is 190 Å². The van der Waals surface area contributed by atoms with Crippen LogP contribution in [0.25, 0.3) is 0 Å². The molecule has 1 saturated heterocycles. The number of carbonyl (C=O) groups excluding carboxylic acids is 1. The Kier molecular flexibility index (Phi) is 7.49. The summed E-state index contributed by atoms with van der Waals surface area (Å²) in [7, 11) is -2.27. The van der Waals surface area contributed by atoms with E-state index in [9.17, 15) is 13.2 Å². The van der Waals surface area contributed by atoms with Crippen LogP contribution in [0.4, 0.5) is 5.69 Å². The molecule has 2 aromatic carbocycles. The lowest BCUT2D eigenvalue weighted by molar-refractivity contribution is -0.117. The molecule has 0 atom stereocenters. The number of benzene rings is 2. The van der Waals surface area contributed by atoms with Gasteiger partial charge in [-0.1, -0.05) is 34.8 Å². The number of carbonyl (C=O) groups is 1. The van der Waals surface area contributed by atoms with Gasteiger partial charge in [-0.15, -0.1) is 0 Å². The zero-order chi connectivity index (χ0) is 21.9. The fourth-order valence-corrected chi connectivity index (χ4v) is 5.44. The van der Waals surface area contributed by atoms with Crippen LogP contribution in [-0.4, -0.2) is 63.4 Å². The quantitative estimate of drug-likeness (QED) is 0.666. The monoisotopic (exact) mass is 491 g/mol. The highest BCUT2D eigenvalue weighted by molar-refractivity contribution is 7.89. The molecule has 1 amide bonds. The lowest BCUT2D eigenvalue weighted by atomic mass is 10.3. The first-order valence-electron chi connectivity index (χ1n) is 9.01. The fraction of sp³-hybridized carbons (Fsp3) is 0.316. The lowest BCUT2D eigenvalue weighted by Crippen LogP contribution is -2.50. The third-order valence-corrected chi connectivity index (χ3v) is 7.50. The Balaban J connectivity index is 1.60. The van der Waals surface area contributed by atoms with Gasteiger partial charge in [-0.05, 0) is 36.4 Å². The number of rotatable bonds is 6. The molecule has 2 aromatic rings. The number of piperazine rings is 1. The Bertz CT molecular complexity index is 1040. The van der Waals surface area contributed by atoms with E-state index in [4.69, 9.17) is 39.5 Å². The average molecular weight is 493 g/mol. The molecule has 0 spiro atoms. The van der Waals surface area contributed by atoms with Crippen molar-refractivity contribution in [3.63, 3.8) is 0 Å². The maximum atomic E-state index is 12.9. The van der Waals surface area contributed by atoms with Gasteiger partial charge in [0.2, 0.25) is 15.9 Å². The van der Waals surface area contributed by atoms with Crippen molar-refractivity contribution in [3.8, 4) is 5.75 Å². The summed E-state index contributed by atoms with van der Waals surface area (Å²) < 4.78 is 32.4. The van der Waals surface area contributed by atoms with Gasteiger partial charge in [0.25, 0.3) is 0 Å². The van der Waals surface area contributed by atoms with Gasteiger partial charge in [-0.25, -0.2) is 8.42 Å². The summed E-state index contributed by atoms with van der Waals surface area (Å²) in [5.74, 6) is 0.256. The predicted octanol–water partition coefficient (Wildman–Crippen LogP) is 3.60. The van der Waals surface area contributed by atoms with Crippen molar-refractivity contribution >= 4 is 56.4 Å². The molecular weight excluding hydrogens is 473 g/mol. The van der Waals surface area contributed by atoms with Crippen molar-refractivity contribution in [2.24, 2.45) is 0 Å². The number of hydrogen-bond acceptors (Lipinski definition) is 5. The van der Waals surface area contributed by atoms with Crippen molar-refractivity contribution in [2.75, 3.05) is 45.2 Å². The van der Waals surface area contributed by atoms with E-state index in [1.54, 1.807) is 18.2 Å². The first kappa shape index (κ1) is 23.1. The standard InChI is InChI=1S/C19H20Cl3N3O4S/c1-29-17-5-3-13(20)10-16(17)23-19(26)12-24-6-8-25(9-7-24)30(27,28)18-11-14(21)2-4-15(18)22/h2-5,10-11H,6-9,12H2,1H3,(H,23,26). The van der Waals surface area contributed by atoms with Crippen LogP contribution in [0.1, 0.15) is 0 Å². The first-order valence-corrected chi connectivity index (χ1v) is 11.6. The molecule has 7 nitrogen and oxygen atoms in total. The number of amides is 1. The molecule has 3 rings (SSSR count). The molecule has 1 N–H and O–H groups in total. The molecule has 0 aliphatic carbocycles. The van der Waals surface area contributed by atoms with Crippen molar-refractivity contribution in [2.45, 2.75) is 4.90 Å². The van der Waals surface area contributed by atoms with Crippen molar-refractivity contribution < 1.29 is 17.9 Å². The topological polar surface area (TPSA) is 79.0 Å². The zero-order valence-corrected chi connectivity index (χ0v) is 19.2.